The molecule has 1 aromatic carbocycles. The van der Waals surface area contributed by atoms with Crippen LogP contribution in [0.5, 0.6) is 0 Å². The quantitative estimate of drug-likeness (QED) is 0.648. The number of benzene rings is 1. The summed E-state index contributed by atoms with van der Waals surface area (Å²) >= 11 is 1.59. The molecule has 0 atom stereocenters. The van der Waals surface area contributed by atoms with E-state index in [-0.39, 0.29) is 5.91 Å². The van der Waals surface area contributed by atoms with Crippen LogP contribution < -0.4 is 10.6 Å². The van der Waals surface area contributed by atoms with Gasteiger partial charge in [0.05, 0.1) is 5.39 Å². The summed E-state index contributed by atoms with van der Waals surface area (Å²) in [5, 5.41) is 9.11. The average Bonchev–Trinajstić information content (AvgIpc) is 3.06. The Labute approximate surface area is 144 Å². The lowest BCUT2D eigenvalue weighted by molar-refractivity contribution is -0.120. The monoisotopic (exact) mass is 338 g/mol. The molecule has 0 aliphatic carbocycles. The fourth-order valence-corrected chi connectivity index (χ4v) is 3.32. The molecule has 24 heavy (non-hydrogen) atoms. The van der Waals surface area contributed by atoms with Gasteiger partial charge in [0.2, 0.25) is 5.91 Å². The Bertz CT molecular complexity index is 845. The summed E-state index contributed by atoms with van der Waals surface area (Å²) in [4.78, 5) is 21.3. The second-order valence-corrected chi connectivity index (χ2v) is 6.05. The molecule has 2 N–H and O–H groups in total. The van der Waals surface area contributed by atoms with Gasteiger partial charge in [-0.15, -0.1) is 17.9 Å². The van der Waals surface area contributed by atoms with E-state index in [2.05, 4.69) is 44.7 Å². The van der Waals surface area contributed by atoms with Crippen molar-refractivity contribution in [2.45, 2.75) is 6.42 Å². The Kier molecular flexibility index (Phi) is 5.18. The number of anilines is 1. The first-order valence-corrected chi connectivity index (χ1v) is 8.56. The number of fused-ring (bicyclic) bond motifs is 1. The third-order valence-corrected chi connectivity index (χ3v) is 4.43. The van der Waals surface area contributed by atoms with E-state index in [1.165, 1.54) is 0 Å². The number of hydrogen-bond donors (Lipinski definition) is 2. The topological polar surface area (TPSA) is 66.9 Å². The number of carbonyl (C=O) groups excluding carboxylic acids is 1. The standard InChI is InChI=1S/C18H18N4OS/c1-2-9-19-15(23)8-10-20-17-16-14(13-6-4-3-5-7-13)11-24-18(16)22-12-21-17/h2-7,11-12H,1,8-10H2,(H,19,23)(H,20,21,22). The van der Waals surface area contributed by atoms with Crippen molar-refractivity contribution in [3.05, 3.63) is 54.7 Å². The van der Waals surface area contributed by atoms with Gasteiger partial charge in [0, 0.05) is 30.5 Å². The van der Waals surface area contributed by atoms with Crippen molar-refractivity contribution in [2.24, 2.45) is 0 Å². The number of rotatable bonds is 7. The SMILES string of the molecule is C=CCNC(=O)CCNc1ncnc2scc(-c3ccccc3)c12. The molecule has 0 fully saturated rings. The first kappa shape index (κ1) is 16.1. The summed E-state index contributed by atoms with van der Waals surface area (Å²) < 4.78 is 0. The van der Waals surface area contributed by atoms with Crippen LogP contribution in [0.25, 0.3) is 21.3 Å². The van der Waals surface area contributed by atoms with Gasteiger partial charge in [-0.1, -0.05) is 36.4 Å². The molecular weight excluding hydrogens is 320 g/mol. The van der Waals surface area contributed by atoms with E-state index in [1.807, 2.05) is 18.2 Å². The lowest BCUT2D eigenvalue weighted by Gasteiger charge is -2.08. The zero-order chi connectivity index (χ0) is 16.8. The van der Waals surface area contributed by atoms with Crippen molar-refractivity contribution < 1.29 is 4.79 Å². The fraction of sp³-hybridized carbons (Fsp3) is 0.167. The van der Waals surface area contributed by atoms with E-state index >= 15 is 0 Å². The summed E-state index contributed by atoms with van der Waals surface area (Å²) in [6.45, 7) is 4.58. The molecule has 0 spiro atoms. The molecule has 0 aliphatic heterocycles. The molecule has 6 heteroatoms. The van der Waals surface area contributed by atoms with Crippen molar-refractivity contribution in [3.63, 3.8) is 0 Å². The molecule has 3 aromatic rings. The zero-order valence-electron chi connectivity index (χ0n) is 13.2. The van der Waals surface area contributed by atoms with Gasteiger partial charge in [0.1, 0.15) is 17.0 Å². The number of aromatic nitrogens is 2. The van der Waals surface area contributed by atoms with E-state index in [0.717, 1.165) is 27.2 Å². The maximum atomic E-state index is 11.7. The highest BCUT2D eigenvalue weighted by atomic mass is 32.1. The van der Waals surface area contributed by atoms with Crippen LogP contribution in [-0.2, 0) is 4.79 Å². The lowest BCUT2D eigenvalue weighted by atomic mass is 10.1. The summed E-state index contributed by atoms with van der Waals surface area (Å²) in [6, 6.07) is 10.2. The molecule has 0 bridgehead atoms. The highest BCUT2D eigenvalue weighted by molar-refractivity contribution is 7.17. The van der Waals surface area contributed by atoms with Crippen molar-refractivity contribution in [3.8, 4) is 11.1 Å². The minimum absolute atomic E-state index is 0.0127. The second-order valence-electron chi connectivity index (χ2n) is 5.19. The van der Waals surface area contributed by atoms with E-state index < -0.39 is 0 Å². The Morgan fingerprint density at radius 1 is 1.25 bits per heavy atom. The zero-order valence-corrected chi connectivity index (χ0v) is 14.0. The molecule has 0 aliphatic rings. The number of nitrogens with zero attached hydrogens (tertiary/aromatic N) is 2. The third-order valence-electron chi connectivity index (χ3n) is 3.54. The number of carbonyl (C=O) groups is 1. The maximum Gasteiger partial charge on any atom is 0.222 e. The minimum Gasteiger partial charge on any atom is -0.369 e. The molecule has 5 nitrogen and oxygen atoms in total. The third kappa shape index (κ3) is 3.60. The summed E-state index contributed by atoms with van der Waals surface area (Å²) in [5.41, 5.74) is 2.24. The summed E-state index contributed by atoms with van der Waals surface area (Å²) in [5.74, 6) is 0.748. The summed E-state index contributed by atoms with van der Waals surface area (Å²) in [6.07, 6.45) is 3.59. The average molecular weight is 338 g/mol. The first-order valence-electron chi connectivity index (χ1n) is 7.68. The van der Waals surface area contributed by atoms with Crippen molar-refractivity contribution in [1.29, 1.82) is 0 Å². The summed E-state index contributed by atoms with van der Waals surface area (Å²) in [7, 11) is 0. The fourth-order valence-electron chi connectivity index (χ4n) is 2.41. The van der Waals surface area contributed by atoms with Crippen LogP contribution in [0.1, 0.15) is 6.42 Å². The Morgan fingerprint density at radius 2 is 2.08 bits per heavy atom. The molecule has 0 saturated heterocycles. The highest BCUT2D eigenvalue weighted by Crippen LogP contribution is 2.36. The molecule has 122 valence electrons. The smallest absolute Gasteiger partial charge is 0.222 e. The number of nitrogens with one attached hydrogen (secondary N) is 2. The predicted molar refractivity (Wildman–Crippen MR) is 99.2 cm³/mol. The lowest BCUT2D eigenvalue weighted by Crippen LogP contribution is -2.25. The Hall–Kier alpha value is -2.73. The molecule has 3 rings (SSSR count). The van der Waals surface area contributed by atoms with Crippen LogP contribution in [0.15, 0.2) is 54.7 Å². The van der Waals surface area contributed by atoms with Crippen LogP contribution >= 0.6 is 11.3 Å². The van der Waals surface area contributed by atoms with Gasteiger partial charge in [-0.3, -0.25) is 4.79 Å². The van der Waals surface area contributed by atoms with E-state index in [4.69, 9.17) is 0 Å². The van der Waals surface area contributed by atoms with E-state index in [1.54, 1.807) is 23.7 Å². The maximum absolute atomic E-state index is 11.7. The normalized spacial score (nSPS) is 10.5. The van der Waals surface area contributed by atoms with Crippen molar-refractivity contribution in [2.75, 3.05) is 18.4 Å². The van der Waals surface area contributed by atoms with Gasteiger partial charge in [-0.05, 0) is 5.56 Å². The van der Waals surface area contributed by atoms with E-state index in [9.17, 15) is 4.79 Å². The molecule has 0 unspecified atom stereocenters. The van der Waals surface area contributed by atoms with Gasteiger partial charge in [0.25, 0.3) is 0 Å². The number of hydrogen-bond acceptors (Lipinski definition) is 5. The van der Waals surface area contributed by atoms with E-state index in [0.29, 0.717) is 19.5 Å². The predicted octanol–water partition coefficient (Wildman–Crippen LogP) is 3.46. The van der Waals surface area contributed by atoms with Gasteiger partial charge >= 0.3 is 0 Å². The Balaban J connectivity index is 1.80. The first-order chi connectivity index (χ1) is 11.8. The van der Waals surface area contributed by atoms with Crippen molar-refractivity contribution in [1.82, 2.24) is 15.3 Å². The van der Waals surface area contributed by atoms with Crippen molar-refractivity contribution >= 4 is 33.3 Å². The second kappa shape index (κ2) is 7.70. The van der Waals surface area contributed by atoms with Gasteiger partial charge in [-0.25, -0.2) is 9.97 Å². The minimum atomic E-state index is -0.0127. The molecular formula is C18H18N4OS. The van der Waals surface area contributed by atoms with Crippen LogP contribution in [0.4, 0.5) is 5.82 Å². The van der Waals surface area contributed by atoms with Gasteiger partial charge < -0.3 is 10.6 Å². The molecule has 1 amide bonds. The van der Waals surface area contributed by atoms with Crippen LogP contribution in [0, 0.1) is 0 Å². The largest absolute Gasteiger partial charge is 0.369 e. The Morgan fingerprint density at radius 3 is 2.88 bits per heavy atom. The molecule has 2 aromatic heterocycles. The highest BCUT2D eigenvalue weighted by Gasteiger charge is 2.12. The van der Waals surface area contributed by atoms with Crippen LogP contribution in [0.2, 0.25) is 0 Å². The van der Waals surface area contributed by atoms with Crippen LogP contribution in [0.3, 0.4) is 0 Å². The van der Waals surface area contributed by atoms with Crippen LogP contribution in [-0.4, -0.2) is 29.0 Å². The number of thiophene rings is 1. The molecule has 0 saturated carbocycles. The molecule has 2 heterocycles. The van der Waals surface area contributed by atoms with Gasteiger partial charge in [-0.2, -0.15) is 0 Å². The van der Waals surface area contributed by atoms with Gasteiger partial charge in [0.15, 0.2) is 0 Å². The number of amides is 1. The molecule has 0 radical (unpaired) electrons.